The van der Waals surface area contributed by atoms with E-state index in [9.17, 15) is 0 Å². The van der Waals surface area contributed by atoms with Crippen molar-refractivity contribution < 1.29 is 4.74 Å². The molecule has 3 rings (SSSR count). The van der Waals surface area contributed by atoms with E-state index >= 15 is 0 Å². The van der Waals surface area contributed by atoms with Gasteiger partial charge in [0.25, 0.3) is 0 Å². The summed E-state index contributed by atoms with van der Waals surface area (Å²) in [5, 5.41) is 3.21. The zero-order valence-corrected chi connectivity index (χ0v) is 10.5. The van der Waals surface area contributed by atoms with E-state index in [0.29, 0.717) is 6.61 Å². The Morgan fingerprint density at radius 1 is 1.33 bits per heavy atom. The number of fused-ring (bicyclic) bond motifs is 1. The quantitative estimate of drug-likeness (QED) is 0.807. The lowest BCUT2D eigenvalue weighted by Gasteiger charge is -2.21. The number of hydrogen-bond acceptors (Lipinski definition) is 3. The average molecular weight is 241 g/mol. The van der Waals surface area contributed by atoms with Crippen molar-refractivity contribution in [1.29, 1.82) is 0 Å². The number of aryl methyl sites for hydroxylation is 2. The normalized spacial score (nSPS) is 13.8. The van der Waals surface area contributed by atoms with Crippen LogP contribution in [0.1, 0.15) is 11.5 Å². The van der Waals surface area contributed by atoms with Gasteiger partial charge in [-0.25, -0.2) is 4.98 Å². The zero-order chi connectivity index (χ0) is 12.7. The van der Waals surface area contributed by atoms with Crippen LogP contribution in [0.2, 0.25) is 0 Å². The van der Waals surface area contributed by atoms with Crippen molar-refractivity contribution in [3.05, 3.63) is 42.0 Å². The summed E-state index contributed by atoms with van der Waals surface area (Å²) >= 11 is 0. The lowest BCUT2D eigenvalue weighted by molar-refractivity contribution is 0.347. The van der Waals surface area contributed by atoms with Gasteiger partial charge in [0.05, 0.1) is 11.4 Å². The Bertz CT molecular complexity index is 628. The van der Waals surface area contributed by atoms with Gasteiger partial charge in [0, 0.05) is 17.0 Å². The largest absolute Gasteiger partial charge is 0.485 e. The average Bonchev–Trinajstić information content (AvgIpc) is 2.68. The maximum Gasteiger partial charge on any atom is 0.144 e. The van der Waals surface area contributed by atoms with Crippen LogP contribution in [-0.2, 0) is 0 Å². The number of benzene rings is 1. The molecule has 1 aliphatic rings. The Morgan fingerprint density at radius 2 is 2.17 bits per heavy atom. The lowest BCUT2D eigenvalue weighted by atomic mass is 10.1. The summed E-state index contributed by atoms with van der Waals surface area (Å²) in [6, 6.07) is 6.05. The molecule has 2 N–H and O–H groups in total. The topological polar surface area (TPSA) is 49.9 Å². The summed E-state index contributed by atoms with van der Waals surface area (Å²) < 4.78 is 5.64. The van der Waals surface area contributed by atoms with Crippen LogP contribution in [0.5, 0.6) is 5.75 Å². The molecule has 0 bridgehead atoms. The van der Waals surface area contributed by atoms with Crippen LogP contribution >= 0.6 is 0 Å². The molecule has 4 heteroatoms. The Morgan fingerprint density at radius 3 is 2.89 bits per heavy atom. The number of ether oxygens (including phenoxy) is 1. The molecule has 0 amide bonds. The van der Waals surface area contributed by atoms with Crippen LogP contribution in [0.4, 0.5) is 5.69 Å². The molecule has 92 valence electrons. The fourth-order valence-corrected chi connectivity index (χ4v) is 2.17. The molecule has 0 aliphatic carbocycles. The number of H-pyrrole nitrogens is 1. The number of rotatable bonds is 1. The maximum absolute atomic E-state index is 5.64. The van der Waals surface area contributed by atoms with E-state index in [1.165, 1.54) is 0 Å². The zero-order valence-electron chi connectivity index (χ0n) is 10.5. The van der Waals surface area contributed by atoms with Gasteiger partial charge in [0.2, 0.25) is 0 Å². The predicted octanol–water partition coefficient (Wildman–Crippen LogP) is 3.01. The molecule has 1 aromatic heterocycles. The molecule has 0 spiro atoms. The molecule has 2 heterocycles. The van der Waals surface area contributed by atoms with Crippen LogP contribution < -0.4 is 10.1 Å². The fourth-order valence-electron chi connectivity index (χ4n) is 2.17. The number of aromatic nitrogens is 2. The summed E-state index contributed by atoms with van der Waals surface area (Å²) in [5.41, 5.74) is 4.94. The number of nitrogens with zero attached hydrogens (tertiary/aromatic N) is 1. The Labute approximate surface area is 106 Å². The van der Waals surface area contributed by atoms with Crippen molar-refractivity contribution in [1.82, 2.24) is 9.97 Å². The first-order valence-corrected chi connectivity index (χ1v) is 5.89. The molecule has 18 heavy (non-hydrogen) atoms. The van der Waals surface area contributed by atoms with Gasteiger partial charge < -0.3 is 15.0 Å². The number of anilines is 1. The van der Waals surface area contributed by atoms with Crippen molar-refractivity contribution >= 4 is 5.69 Å². The van der Waals surface area contributed by atoms with Crippen LogP contribution in [0, 0.1) is 13.8 Å². The van der Waals surface area contributed by atoms with Gasteiger partial charge in [0.15, 0.2) is 0 Å². The molecule has 0 fully saturated rings. The van der Waals surface area contributed by atoms with Crippen molar-refractivity contribution in [2.75, 3.05) is 11.9 Å². The van der Waals surface area contributed by atoms with Gasteiger partial charge in [-0.15, -0.1) is 0 Å². The van der Waals surface area contributed by atoms with Crippen LogP contribution in [0.15, 0.2) is 30.5 Å². The fraction of sp³-hybridized carbons (Fsp3) is 0.214. The van der Waals surface area contributed by atoms with Gasteiger partial charge in [0.1, 0.15) is 18.2 Å². The summed E-state index contributed by atoms with van der Waals surface area (Å²) in [6.07, 6.45) is 0. The second-order valence-corrected chi connectivity index (χ2v) is 4.52. The Balaban J connectivity index is 2.05. The van der Waals surface area contributed by atoms with E-state index < -0.39 is 0 Å². The van der Waals surface area contributed by atoms with Gasteiger partial charge in [-0.1, -0.05) is 12.6 Å². The molecule has 0 unspecified atom stereocenters. The van der Waals surface area contributed by atoms with Gasteiger partial charge in [-0.3, -0.25) is 0 Å². The highest BCUT2D eigenvalue weighted by molar-refractivity contribution is 5.71. The summed E-state index contributed by atoms with van der Waals surface area (Å²) in [4.78, 5) is 7.71. The maximum atomic E-state index is 5.64. The number of nitrogens with one attached hydrogen (secondary N) is 2. The van der Waals surface area contributed by atoms with Crippen molar-refractivity contribution in [3.8, 4) is 17.0 Å². The molecule has 0 saturated carbocycles. The molecule has 2 aromatic rings. The summed E-state index contributed by atoms with van der Waals surface area (Å²) in [6.45, 7) is 8.35. The number of imidazole rings is 1. The van der Waals surface area contributed by atoms with E-state index in [0.717, 1.165) is 39.9 Å². The number of aromatic amines is 1. The molecule has 0 saturated heterocycles. The SMILES string of the molecule is C=C1COc2cc(-c3nc(C)[nH]c3C)ccc2N1. The molecule has 4 nitrogen and oxygen atoms in total. The van der Waals surface area contributed by atoms with Crippen LogP contribution in [0.3, 0.4) is 0 Å². The second-order valence-electron chi connectivity index (χ2n) is 4.52. The first kappa shape index (κ1) is 10.9. The molecule has 0 atom stereocenters. The van der Waals surface area contributed by atoms with Crippen molar-refractivity contribution in [3.63, 3.8) is 0 Å². The van der Waals surface area contributed by atoms with Gasteiger partial charge >= 0.3 is 0 Å². The minimum absolute atomic E-state index is 0.509. The molecule has 0 radical (unpaired) electrons. The third-order valence-corrected chi connectivity index (χ3v) is 2.97. The first-order chi connectivity index (χ1) is 8.63. The standard InChI is InChI=1S/C14H15N3O/c1-8-7-18-13-6-11(4-5-12(13)15-8)14-9(2)16-10(3)17-14/h4-6,15H,1,7H2,2-3H3,(H,16,17). The third kappa shape index (κ3) is 1.76. The highest BCUT2D eigenvalue weighted by atomic mass is 16.5. The number of hydrogen-bond donors (Lipinski definition) is 2. The van der Waals surface area contributed by atoms with E-state index in [1.807, 2.05) is 32.0 Å². The minimum Gasteiger partial charge on any atom is -0.485 e. The smallest absolute Gasteiger partial charge is 0.144 e. The van der Waals surface area contributed by atoms with E-state index in [1.54, 1.807) is 0 Å². The summed E-state index contributed by atoms with van der Waals surface area (Å²) in [5.74, 6) is 1.77. The minimum atomic E-state index is 0.509. The van der Waals surface area contributed by atoms with Gasteiger partial charge in [-0.2, -0.15) is 0 Å². The summed E-state index contributed by atoms with van der Waals surface area (Å²) in [7, 11) is 0. The van der Waals surface area contributed by atoms with E-state index in [-0.39, 0.29) is 0 Å². The Hall–Kier alpha value is -2.23. The third-order valence-electron chi connectivity index (χ3n) is 2.97. The molecular formula is C14H15N3O. The van der Waals surface area contributed by atoms with E-state index in [4.69, 9.17) is 4.74 Å². The molecule has 1 aromatic carbocycles. The van der Waals surface area contributed by atoms with E-state index in [2.05, 4.69) is 21.9 Å². The predicted molar refractivity (Wildman–Crippen MR) is 71.8 cm³/mol. The van der Waals surface area contributed by atoms with Gasteiger partial charge in [-0.05, 0) is 26.0 Å². The van der Waals surface area contributed by atoms with Crippen LogP contribution in [-0.4, -0.2) is 16.6 Å². The molecular weight excluding hydrogens is 226 g/mol. The highest BCUT2D eigenvalue weighted by Crippen LogP contribution is 2.34. The monoisotopic (exact) mass is 241 g/mol. The Kier molecular flexibility index (Phi) is 2.37. The lowest BCUT2D eigenvalue weighted by Crippen LogP contribution is -2.15. The second kappa shape index (κ2) is 3.91. The highest BCUT2D eigenvalue weighted by Gasteiger charge is 2.15. The van der Waals surface area contributed by atoms with Crippen LogP contribution in [0.25, 0.3) is 11.3 Å². The van der Waals surface area contributed by atoms with Crippen molar-refractivity contribution in [2.24, 2.45) is 0 Å². The molecule has 1 aliphatic heterocycles. The van der Waals surface area contributed by atoms with Crippen molar-refractivity contribution in [2.45, 2.75) is 13.8 Å². The first-order valence-electron chi connectivity index (χ1n) is 5.89.